The number of nitrogens with one attached hydrogen (secondary N) is 1. The second kappa shape index (κ2) is 28.7. The summed E-state index contributed by atoms with van der Waals surface area (Å²) in [5, 5.41) is 13.0. The minimum Gasteiger partial charge on any atom is -0.387 e. The van der Waals surface area contributed by atoms with E-state index in [1.54, 1.807) is 6.08 Å². The number of amides is 1. The zero-order chi connectivity index (χ0) is 30.4. The summed E-state index contributed by atoms with van der Waals surface area (Å²) < 4.78 is 32.1. The van der Waals surface area contributed by atoms with E-state index in [1.165, 1.54) is 89.5 Å². The van der Waals surface area contributed by atoms with E-state index in [0.29, 0.717) is 6.42 Å². The van der Waals surface area contributed by atoms with E-state index >= 15 is 0 Å². The minimum atomic E-state index is -4.34. The molecule has 41 heavy (non-hydrogen) atoms. The summed E-state index contributed by atoms with van der Waals surface area (Å²) in [6.07, 6.45) is 35.7. The predicted molar refractivity (Wildman–Crippen MR) is 175 cm³/mol. The molecule has 0 radical (unpaired) electrons. The second-order valence-electron chi connectivity index (χ2n) is 11.4. The van der Waals surface area contributed by atoms with Crippen molar-refractivity contribution in [2.75, 3.05) is 5.75 Å². The Balaban J connectivity index is 3.96. The van der Waals surface area contributed by atoms with Crippen LogP contribution in [0.1, 0.15) is 155 Å². The number of allylic oxidation sites excluding steroid dienone is 5. The number of hydrogen-bond donors (Lipinski definition) is 3. The highest BCUT2D eigenvalue weighted by Gasteiger charge is 2.24. The molecule has 240 valence electrons. The van der Waals surface area contributed by atoms with E-state index < -0.39 is 28.0 Å². The highest BCUT2D eigenvalue weighted by Crippen LogP contribution is 2.12. The average Bonchev–Trinajstić information content (AvgIpc) is 2.92. The monoisotopic (exact) mass is 597 g/mol. The minimum absolute atomic E-state index is 0.282. The lowest BCUT2D eigenvalue weighted by Gasteiger charge is -2.21. The molecule has 2 atom stereocenters. The molecule has 0 fully saturated rings. The van der Waals surface area contributed by atoms with Gasteiger partial charge in [-0.05, 0) is 51.4 Å². The van der Waals surface area contributed by atoms with Gasteiger partial charge in [0.05, 0.1) is 17.9 Å². The van der Waals surface area contributed by atoms with Gasteiger partial charge in [-0.15, -0.1) is 0 Å². The van der Waals surface area contributed by atoms with Crippen LogP contribution in [0.15, 0.2) is 36.5 Å². The van der Waals surface area contributed by atoms with Gasteiger partial charge in [0.25, 0.3) is 10.1 Å². The zero-order valence-electron chi connectivity index (χ0n) is 26.4. The molecule has 0 aromatic carbocycles. The third-order valence-electron chi connectivity index (χ3n) is 7.29. The van der Waals surface area contributed by atoms with E-state index in [-0.39, 0.29) is 12.3 Å². The molecule has 1 amide bonds. The molecular formula is C34H63NO5S. The standard InChI is InChI=1S/C34H63NO5S/c1-3-5-7-9-11-13-14-15-16-17-18-19-20-21-22-24-26-28-30-34(37)35-32(31-41(38,39)40)33(36)29-27-25-23-12-10-8-6-4-2/h10,12,16-17,27,29,32-33,36H,3-9,11,13-15,18-26,28,30-31H2,1-2H3,(H,35,37)(H,38,39,40)/b12-10+,17-16-,29-27+. The van der Waals surface area contributed by atoms with Crippen LogP contribution in [0, 0.1) is 0 Å². The van der Waals surface area contributed by atoms with Gasteiger partial charge in [-0.25, -0.2) is 0 Å². The summed E-state index contributed by atoms with van der Waals surface area (Å²) in [7, 11) is -4.34. The Morgan fingerprint density at radius 3 is 1.61 bits per heavy atom. The van der Waals surface area contributed by atoms with Crippen molar-refractivity contribution in [1.82, 2.24) is 5.32 Å². The Kier molecular flexibility index (Phi) is 27.7. The van der Waals surface area contributed by atoms with Crippen molar-refractivity contribution in [2.24, 2.45) is 0 Å². The lowest BCUT2D eigenvalue weighted by molar-refractivity contribution is -0.122. The normalized spacial score (nSPS) is 14.0. The first-order valence-corrected chi connectivity index (χ1v) is 18.3. The molecule has 0 heterocycles. The smallest absolute Gasteiger partial charge is 0.267 e. The third kappa shape index (κ3) is 29.8. The Morgan fingerprint density at radius 2 is 1.07 bits per heavy atom. The van der Waals surface area contributed by atoms with Gasteiger partial charge in [0.1, 0.15) is 0 Å². The molecule has 0 rings (SSSR count). The van der Waals surface area contributed by atoms with Crippen molar-refractivity contribution < 1.29 is 22.9 Å². The van der Waals surface area contributed by atoms with Crippen LogP contribution in [0.3, 0.4) is 0 Å². The van der Waals surface area contributed by atoms with Gasteiger partial charge in [0.2, 0.25) is 5.91 Å². The quantitative estimate of drug-likeness (QED) is 0.0453. The first-order valence-electron chi connectivity index (χ1n) is 16.7. The summed E-state index contributed by atoms with van der Waals surface area (Å²) in [6.45, 7) is 4.41. The molecule has 3 N–H and O–H groups in total. The molecule has 2 unspecified atom stereocenters. The molecule has 0 bridgehead atoms. The SMILES string of the molecule is CCCC/C=C/CC/C=C/C(O)C(CS(=O)(=O)O)NC(=O)CCCCCCCCC/C=C\CCCCCCCCC. The van der Waals surface area contributed by atoms with Gasteiger partial charge in [-0.1, -0.05) is 134 Å². The number of unbranched alkanes of at least 4 members (excludes halogenated alkanes) is 17. The molecule has 0 aromatic heterocycles. The van der Waals surface area contributed by atoms with Crippen LogP contribution in [0.4, 0.5) is 0 Å². The van der Waals surface area contributed by atoms with Gasteiger partial charge < -0.3 is 10.4 Å². The number of rotatable bonds is 29. The van der Waals surface area contributed by atoms with Crippen LogP contribution < -0.4 is 5.32 Å². The summed E-state index contributed by atoms with van der Waals surface area (Å²) in [5.41, 5.74) is 0. The number of aliphatic hydroxyl groups excluding tert-OH is 1. The number of hydrogen-bond acceptors (Lipinski definition) is 4. The Labute approximate surface area is 253 Å². The van der Waals surface area contributed by atoms with E-state index in [1.807, 2.05) is 0 Å². The van der Waals surface area contributed by atoms with Gasteiger partial charge in [0, 0.05) is 6.42 Å². The van der Waals surface area contributed by atoms with Crippen molar-refractivity contribution in [3.05, 3.63) is 36.5 Å². The van der Waals surface area contributed by atoms with Gasteiger partial charge in [0.15, 0.2) is 0 Å². The number of carbonyl (C=O) groups excluding carboxylic acids is 1. The van der Waals surface area contributed by atoms with Crippen LogP contribution in [-0.2, 0) is 14.9 Å². The summed E-state index contributed by atoms with van der Waals surface area (Å²) >= 11 is 0. The van der Waals surface area contributed by atoms with E-state index in [9.17, 15) is 22.9 Å². The van der Waals surface area contributed by atoms with Gasteiger partial charge in [-0.2, -0.15) is 8.42 Å². The maximum atomic E-state index is 12.4. The van der Waals surface area contributed by atoms with Crippen molar-refractivity contribution >= 4 is 16.0 Å². The molecule has 0 saturated carbocycles. The van der Waals surface area contributed by atoms with Crippen molar-refractivity contribution in [2.45, 2.75) is 167 Å². The van der Waals surface area contributed by atoms with Crippen LogP contribution >= 0.6 is 0 Å². The molecule has 0 aliphatic heterocycles. The maximum Gasteiger partial charge on any atom is 0.267 e. The largest absolute Gasteiger partial charge is 0.387 e. The first kappa shape index (κ1) is 39.6. The summed E-state index contributed by atoms with van der Waals surface area (Å²) in [6, 6.07) is -1.07. The summed E-state index contributed by atoms with van der Waals surface area (Å²) in [5.74, 6) is -1.01. The fourth-order valence-corrected chi connectivity index (χ4v) is 5.47. The molecule has 0 spiro atoms. The van der Waals surface area contributed by atoms with Crippen LogP contribution in [0.2, 0.25) is 0 Å². The van der Waals surface area contributed by atoms with E-state index in [2.05, 4.69) is 43.5 Å². The fourth-order valence-electron chi connectivity index (χ4n) is 4.74. The van der Waals surface area contributed by atoms with Crippen LogP contribution in [0.5, 0.6) is 0 Å². The zero-order valence-corrected chi connectivity index (χ0v) is 27.2. The number of aliphatic hydroxyl groups is 1. The van der Waals surface area contributed by atoms with Gasteiger partial charge >= 0.3 is 0 Å². The third-order valence-corrected chi connectivity index (χ3v) is 8.07. The topological polar surface area (TPSA) is 104 Å². The Morgan fingerprint density at radius 1 is 0.634 bits per heavy atom. The Hall–Kier alpha value is -1.44. The van der Waals surface area contributed by atoms with E-state index in [0.717, 1.165) is 44.9 Å². The molecule has 0 saturated heterocycles. The van der Waals surface area contributed by atoms with Gasteiger partial charge in [-0.3, -0.25) is 9.35 Å². The van der Waals surface area contributed by atoms with Crippen molar-refractivity contribution in [3.63, 3.8) is 0 Å². The second-order valence-corrected chi connectivity index (χ2v) is 12.9. The first-order chi connectivity index (χ1) is 19.8. The van der Waals surface area contributed by atoms with Crippen LogP contribution in [0.25, 0.3) is 0 Å². The average molecular weight is 598 g/mol. The highest BCUT2D eigenvalue weighted by molar-refractivity contribution is 7.85. The number of carbonyl (C=O) groups is 1. The van der Waals surface area contributed by atoms with E-state index in [4.69, 9.17) is 0 Å². The lowest BCUT2D eigenvalue weighted by atomic mass is 10.1. The molecule has 7 heteroatoms. The van der Waals surface area contributed by atoms with Crippen LogP contribution in [-0.4, -0.2) is 41.9 Å². The van der Waals surface area contributed by atoms with Crippen molar-refractivity contribution in [1.29, 1.82) is 0 Å². The maximum absolute atomic E-state index is 12.4. The van der Waals surface area contributed by atoms with Crippen molar-refractivity contribution in [3.8, 4) is 0 Å². The molecule has 0 aliphatic carbocycles. The highest BCUT2D eigenvalue weighted by atomic mass is 32.2. The molecule has 6 nitrogen and oxygen atoms in total. The molecular weight excluding hydrogens is 534 g/mol. The fraction of sp³-hybridized carbons (Fsp3) is 0.794. The summed E-state index contributed by atoms with van der Waals surface area (Å²) in [4.78, 5) is 12.4. The molecule has 0 aromatic rings. The predicted octanol–water partition coefficient (Wildman–Crippen LogP) is 9.01. The Bertz CT molecular complexity index is 791. The lowest BCUT2D eigenvalue weighted by Crippen LogP contribution is -2.46. The molecule has 0 aliphatic rings.